The molecule has 0 bridgehead atoms. The van der Waals surface area contributed by atoms with Crippen molar-refractivity contribution >= 4 is 21.7 Å². The van der Waals surface area contributed by atoms with Gasteiger partial charge in [0.1, 0.15) is 16.2 Å². The van der Waals surface area contributed by atoms with Gasteiger partial charge in [-0.15, -0.1) is 6.42 Å². The predicted molar refractivity (Wildman–Crippen MR) is 75.0 cm³/mol. The molecule has 0 aliphatic carbocycles. The lowest BCUT2D eigenvalue weighted by Crippen LogP contribution is -2.29. The van der Waals surface area contributed by atoms with Crippen LogP contribution in [0.15, 0.2) is 10.7 Å². The SMILES string of the molecule is C#CC(C)(C)Nc1cc(Br)nc(C(C)(C)C)n1. The first kappa shape index (κ1) is 14.0. The molecule has 0 radical (unpaired) electrons. The van der Waals surface area contributed by atoms with Crippen LogP contribution < -0.4 is 5.32 Å². The second kappa shape index (κ2) is 4.66. The average molecular weight is 296 g/mol. The summed E-state index contributed by atoms with van der Waals surface area (Å²) in [5.41, 5.74) is -0.524. The molecule has 0 saturated carbocycles. The van der Waals surface area contributed by atoms with E-state index in [4.69, 9.17) is 6.42 Å². The van der Waals surface area contributed by atoms with Crippen LogP contribution in [0.3, 0.4) is 0 Å². The summed E-state index contributed by atoms with van der Waals surface area (Å²) in [5, 5.41) is 3.20. The molecule has 1 heterocycles. The minimum atomic E-state index is -0.428. The van der Waals surface area contributed by atoms with Crippen LogP contribution in [0.4, 0.5) is 5.82 Å². The number of hydrogen-bond acceptors (Lipinski definition) is 3. The lowest BCUT2D eigenvalue weighted by atomic mass is 9.96. The number of nitrogens with one attached hydrogen (secondary N) is 1. The van der Waals surface area contributed by atoms with E-state index in [-0.39, 0.29) is 5.41 Å². The van der Waals surface area contributed by atoms with Crippen LogP contribution in [0.2, 0.25) is 0 Å². The zero-order chi connectivity index (χ0) is 13.3. The molecule has 4 heteroatoms. The summed E-state index contributed by atoms with van der Waals surface area (Å²) in [5.74, 6) is 4.20. The van der Waals surface area contributed by atoms with Crippen molar-refractivity contribution in [2.45, 2.75) is 45.6 Å². The number of halogens is 1. The second-order valence-corrected chi connectivity index (χ2v) is 6.36. The molecule has 0 aliphatic heterocycles. The Morgan fingerprint density at radius 3 is 2.29 bits per heavy atom. The molecular formula is C13H18BrN3. The quantitative estimate of drug-likeness (QED) is 0.671. The van der Waals surface area contributed by atoms with E-state index in [9.17, 15) is 0 Å². The van der Waals surface area contributed by atoms with E-state index in [0.29, 0.717) is 0 Å². The minimum absolute atomic E-state index is 0.0967. The molecule has 1 N–H and O–H groups in total. The molecule has 0 aliphatic rings. The van der Waals surface area contributed by atoms with Crippen LogP contribution >= 0.6 is 15.9 Å². The number of nitrogens with zero attached hydrogens (tertiary/aromatic N) is 2. The van der Waals surface area contributed by atoms with Gasteiger partial charge in [-0.05, 0) is 29.8 Å². The first-order valence-electron chi connectivity index (χ1n) is 5.45. The molecule has 0 saturated heterocycles. The van der Waals surface area contributed by atoms with Crippen LogP contribution in [0, 0.1) is 12.3 Å². The summed E-state index contributed by atoms with van der Waals surface area (Å²) in [7, 11) is 0. The molecule has 1 aromatic rings. The van der Waals surface area contributed by atoms with Gasteiger partial charge in [0.05, 0.1) is 5.54 Å². The fraction of sp³-hybridized carbons (Fsp3) is 0.538. The Hall–Kier alpha value is -1.08. The van der Waals surface area contributed by atoms with Gasteiger partial charge in [0.25, 0.3) is 0 Å². The largest absolute Gasteiger partial charge is 0.354 e. The normalized spacial score (nSPS) is 12.1. The van der Waals surface area contributed by atoms with Crippen molar-refractivity contribution in [3.8, 4) is 12.3 Å². The maximum atomic E-state index is 5.45. The van der Waals surface area contributed by atoms with Crippen molar-refractivity contribution in [2.24, 2.45) is 0 Å². The molecule has 0 unspecified atom stereocenters. The smallest absolute Gasteiger partial charge is 0.137 e. The fourth-order valence-electron chi connectivity index (χ4n) is 1.17. The first-order chi connectivity index (χ1) is 7.64. The van der Waals surface area contributed by atoms with Gasteiger partial charge < -0.3 is 5.32 Å². The summed E-state index contributed by atoms with van der Waals surface area (Å²) in [6.45, 7) is 10.1. The number of anilines is 1. The Labute approximate surface area is 112 Å². The summed E-state index contributed by atoms with van der Waals surface area (Å²) in [4.78, 5) is 8.87. The zero-order valence-electron chi connectivity index (χ0n) is 10.9. The number of rotatable bonds is 2. The standard InChI is InChI=1S/C13H18BrN3/c1-7-13(5,6)17-10-8-9(14)15-11(16-10)12(2,3)4/h1,8H,2-6H3,(H,15,16,17). The Morgan fingerprint density at radius 1 is 1.24 bits per heavy atom. The van der Waals surface area contributed by atoms with E-state index >= 15 is 0 Å². The van der Waals surface area contributed by atoms with Gasteiger partial charge in [-0.1, -0.05) is 26.7 Å². The van der Waals surface area contributed by atoms with Crippen molar-refractivity contribution in [1.29, 1.82) is 0 Å². The summed E-state index contributed by atoms with van der Waals surface area (Å²) < 4.78 is 0.757. The molecular weight excluding hydrogens is 278 g/mol. The molecule has 0 spiro atoms. The Balaban J connectivity index is 3.12. The summed E-state index contributed by atoms with van der Waals surface area (Å²) >= 11 is 3.39. The molecule has 0 fully saturated rings. The topological polar surface area (TPSA) is 37.8 Å². The lowest BCUT2D eigenvalue weighted by Gasteiger charge is -2.23. The summed E-state index contributed by atoms with van der Waals surface area (Å²) in [6, 6.07) is 1.83. The van der Waals surface area contributed by atoms with Crippen molar-refractivity contribution in [2.75, 3.05) is 5.32 Å². The van der Waals surface area contributed by atoms with Crippen molar-refractivity contribution < 1.29 is 0 Å². The molecule has 0 atom stereocenters. The third-order valence-electron chi connectivity index (χ3n) is 2.17. The molecule has 92 valence electrons. The van der Waals surface area contributed by atoms with Crippen LogP contribution in [0.5, 0.6) is 0 Å². The molecule has 3 nitrogen and oxygen atoms in total. The lowest BCUT2D eigenvalue weighted by molar-refractivity contribution is 0.543. The van der Waals surface area contributed by atoms with Crippen LogP contribution in [0.1, 0.15) is 40.4 Å². The molecule has 0 aromatic carbocycles. The minimum Gasteiger partial charge on any atom is -0.354 e. The van der Waals surface area contributed by atoms with Crippen LogP contribution in [-0.4, -0.2) is 15.5 Å². The highest BCUT2D eigenvalue weighted by Crippen LogP contribution is 2.23. The van der Waals surface area contributed by atoms with E-state index in [1.165, 1.54) is 0 Å². The highest BCUT2D eigenvalue weighted by molar-refractivity contribution is 9.10. The average Bonchev–Trinajstić information content (AvgIpc) is 2.14. The Bertz CT molecular complexity index is 453. The Kier molecular flexibility index (Phi) is 3.83. The third-order valence-corrected chi connectivity index (χ3v) is 2.57. The molecule has 1 aromatic heterocycles. The molecule has 1 rings (SSSR count). The monoisotopic (exact) mass is 295 g/mol. The van der Waals surface area contributed by atoms with Gasteiger partial charge in [0.2, 0.25) is 0 Å². The maximum absolute atomic E-state index is 5.45. The van der Waals surface area contributed by atoms with E-state index in [2.05, 4.69) is 57.9 Å². The van der Waals surface area contributed by atoms with Gasteiger partial charge in [-0.3, -0.25) is 0 Å². The molecule has 17 heavy (non-hydrogen) atoms. The first-order valence-corrected chi connectivity index (χ1v) is 6.24. The van der Waals surface area contributed by atoms with Gasteiger partial charge in [-0.2, -0.15) is 0 Å². The van der Waals surface area contributed by atoms with Crippen molar-refractivity contribution in [3.63, 3.8) is 0 Å². The molecule has 0 amide bonds. The van der Waals surface area contributed by atoms with Crippen LogP contribution in [0.25, 0.3) is 0 Å². The van der Waals surface area contributed by atoms with E-state index < -0.39 is 5.54 Å². The van der Waals surface area contributed by atoms with Gasteiger partial charge in [0.15, 0.2) is 0 Å². The van der Waals surface area contributed by atoms with E-state index in [1.807, 2.05) is 19.9 Å². The number of hydrogen-bond donors (Lipinski definition) is 1. The second-order valence-electron chi connectivity index (χ2n) is 5.54. The Morgan fingerprint density at radius 2 is 1.82 bits per heavy atom. The number of terminal acetylenes is 1. The predicted octanol–water partition coefficient (Wildman–Crippen LogP) is 3.36. The number of aromatic nitrogens is 2. The fourth-order valence-corrected chi connectivity index (χ4v) is 1.56. The van der Waals surface area contributed by atoms with Crippen LogP contribution in [-0.2, 0) is 5.41 Å². The summed E-state index contributed by atoms with van der Waals surface area (Å²) in [6.07, 6.45) is 5.45. The van der Waals surface area contributed by atoms with E-state index in [1.54, 1.807) is 0 Å². The maximum Gasteiger partial charge on any atom is 0.137 e. The van der Waals surface area contributed by atoms with Gasteiger partial charge in [-0.25, -0.2) is 9.97 Å². The zero-order valence-corrected chi connectivity index (χ0v) is 12.5. The van der Waals surface area contributed by atoms with Gasteiger partial charge in [0, 0.05) is 11.5 Å². The van der Waals surface area contributed by atoms with E-state index in [0.717, 1.165) is 16.2 Å². The highest BCUT2D eigenvalue weighted by Gasteiger charge is 2.20. The van der Waals surface area contributed by atoms with Crippen molar-refractivity contribution in [3.05, 3.63) is 16.5 Å². The van der Waals surface area contributed by atoms with Gasteiger partial charge >= 0.3 is 0 Å². The third kappa shape index (κ3) is 4.01. The van der Waals surface area contributed by atoms with Crippen molar-refractivity contribution in [1.82, 2.24) is 9.97 Å². The highest BCUT2D eigenvalue weighted by atomic mass is 79.9.